The Morgan fingerprint density at radius 3 is 2.42 bits per heavy atom. The van der Waals surface area contributed by atoms with E-state index in [1.54, 1.807) is 37.4 Å². The molecule has 0 saturated heterocycles. The normalized spacial score (nSPS) is 13.5. The summed E-state index contributed by atoms with van der Waals surface area (Å²) in [4.78, 5) is 42.0. The summed E-state index contributed by atoms with van der Waals surface area (Å²) in [6, 6.07) is 9.58. The molecule has 7 nitrogen and oxygen atoms in total. The number of benzene rings is 2. The van der Waals surface area contributed by atoms with E-state index in [-0.39, 0.29) is 16.7 Å². The first-order valence-electron chi connectivity index (χ1n) is 7.20. The Kier molecular flexibility index (Phi) is 2.96. The number of fused-ring (bicyclic) bond motifs is 2. The molecule has 0 saturated carbocycles. The molecule has 4 rings (SSSR count). The SMILES string of the molecule is Cc1c(C(=O)ON2C(=O)c3ccccc3C2=O)ccc2[nH]ncc12. The van der Waals surface area contributed by atoms with E-state index in [1.807, 2.05) is 0 Å². The zero-order valence-corrected chi connectivity index (χ0v) is 12.6. The molecule has 0 unspecified atom stereocenters. The van der Waals surface area contributed by atoms with E-state index in [0.717, 1.165) is 10.9 Å². The highest BCUT2D eigenvalue weighted by Gasteiger charge is 2.39. The van der Waals surface area contributed by atoms with Crippen LogP contribution in [0.4, 0.5) is 0 Å². The molecular weight excluding hydrogens is 310 g/mol. The minimum absolute atomic E-state index is 0.220. The summed E-state index contributed by atoms with van der Waals surface area (Å²) in [5, 5.41) is 8.00. The second kappa shape index (κ2) is 5.02. The maximum Gasteiger partial charge on any atom is 0.364 e. The standard InChI is InChI=1S/C17H11N3O4/c1-9-10(6-7-14-13(9)8-18-19-14)17(23)24-20-15(21)11-4-2-3-5-12(11)16(20)22/h2-8H,1H3,(H,18,19). The molecule has 2 amide bonds. The number of hydroxylamine groups is 2. The van der Waals surface area contributed by atoms with Crippen molar-refractivity contribution in [3.8, 4) is 0 Å². The van der Waals surface area contributed by atoms with Gasteiger partial charge in [0.1, 0.15) is 0 Å². The van der Waals surface area contributed by atoms with Gasteiger partial charge >= 0.3 is 5.97 Å². The van der Waals surface area contributed by atoms with Gasteiger partial charge in [-0.1, -0.05) is 17.2 Å². The minimum atomic E-state index is -0.773. The summed E-state index contributed by atoms with van der Waals surface area (Å²) >= 11 is 0. The van der Waals surface area contributed by atoms with Crippen molar-refractivity contribution in [3.05, 3.63) is 64.8 Å². The van der Waals surface area contributed by atoms with Crippen LogP contribution < -0.4 is 0 Å². The van der Waals surface area contributed by atoms with E-state index in [9.17, 15) is 14.4 Å². The van der Waals surface area contributed by atoms with Gasteiger partial charge in [0.25, 0.3) is 11.8 Å². The zero-order chi connectivity index (χ0) is 16.8. The van der Waals surface area contributed by atoms with Gasteiger partial charge in [0.05, 0.1) is 28.4 Å². The van der Waals surface area contributed by atoms with Crippen LogP contribution in [0.15, 0.2) is 42.6 Å². The van der Waals surface area contributed by atoms with Crippen LogP contribution in [0.3, 0.4) is 0 Å². The summed E-state index contributed by atoms with van der Waals surface area (Å²) in [5.74, 6) is -2.07. The van der Waals surface area contributed by atoms with Crippen LogP contribution >= 0.6 is 0 Å². The van der Waals surface area contributed by atoms with Crippen molar-refractivity contribution in [2.24, 2.45) is 0 Å². The summed E-state index contributed by atoms with van der Waals surface area (Å²) < 4.78 is 0. The van der Waals surface area contributed by atoms with Gasteiger partial charge in [-0.15, -0.1) is 0 Å². The minimum Gasteiger partial charge on any atom is -0.324 e. The number of amides is 2. The average molecular weight is 321 g/mol. The summed E-state index contributed by atoms with van der Waals surface area (Å²) in [6.45, 7) is 1.75. The Labute approximate surface area is 135 Å². The van der Waals surface area contributed by atoms with Gasteiger partial charge < -0.3 is 4.84 Å². The lowest BCUT2D eigenvalue weighted by molar-refractivity contribution is -0.0585. The number of carbonyl (C=O) groups excluding carboxylic acids is 3. The van der Waals surface area contributed by atoms with Crippen molar-refractivity contribution in [1.29, 1.82) is 0 Å². The maximum atomic E-state index is 12.4. The van der Waals surface area contributed by atoms with Crippen LogP contribution in [0.25, 0.3) is 10.9 Å². The molecule has 1 aromatic heterocycles. The van der Waals surface area contributed by atoms with E-state index in [1.165, 1.54) is 12.1 Å². The van der Waals surface area contributed by atoms with E-state index in [2.05, 4.69) is 10.2 Å². The highest BCUT2D eigenvalue weighted by Crippen LogP contribution is 2.25. The molecule has 0 bridgehead atoms. The van der Waals surface area contributed by atoms with E-state index in [0.29, 0.717) is 10.6 Å². The summed E-state index contributed by atoms with van der Waals surface area (Å²) in [6.07, 6.45) is 1.60. The Morgan fingerprint density at radius 2 is 1.75 bits per heavy atom. The van der Waals surface area contributed by atoms with Gasteiger partial charge in [-0.05, 0) is 36.8 Å². The first-order chi connectivity index (χ1) is 11.6. The molecule has 0 aliphatic carbocycles. The zero-order valence-electron chi connectivity index (χ0n) is 12.6. The predicted molar refractivity (Wildman–Crippen MR) is 83.2 cm³/mol. The second-order valence-electron chi connectivity index (χ2n) is 5.40. The Hall–Kier alpha value is -3.48. The van der Waals surface area contributed by atoms with Gasteiger partial charge in [-0.25, -0.2) is 4.79 Å². The number of hydrogen-bond acceptors (Lipinski definition) is 5. The average Bonchev–Trinajstić information content (AvgIpc) is 3.15. The fourth-order valence-corrected chi connectivity index (χ4v) is 2.76. The van der Waals surface area contributed by atoms with Gasteiger partial charge in [0.15, 0.2) is 0 Å². The molecular formula is C17H11N3O4. The molecule has 1 aliphatic heterocycles. The first-order valence-corrected chi connectivity index (χ1v) is 7.20. The van der Waals surface area contributed by atoms with Crippen LogP contribution in [-0.2, 0) is 4.84 Å². The van der Waals surface area contributed by atoms with Gasteiger partial charge in [-0.2, -0.15) is 5.10 Å². The number of H-pyrrole nitrogens is 1. The number of aromatic nitrogens is 2. The number of hydrogen-bond donors (Lipinski definition) is 1. The van der Waals surface area contributed by atoms with Gasteiger partial charge in [0.2, 0.25) is 0 Å². The van der Waals surface area contributed by atoms with E-state index in [4.69, 9.17) is 4.84 Å². The lowest BCUT2D eigenvalue weighted by atomic mass is 10.1. The molecule has 24 heavy (non-hydrogen) atoms. The molecule has 118 valence electrons. The fourth-order valence-electron chi connectivity index (χ4n) is 2.76. The molecule has 2 aromatic carbocycles. The Bertz CT molecular complexity index is 987. The van der Waals surface area contributed by atoms with E-state index < -0.39 is 17.8 Å². The number of nitrogens with one attached hydrogen (secondary N) is 1. The molecule has 7 heteroatoms. The highest BCUT2D eigenvalue weighted by molar-refractivity contribution is 6.21. The summed E-state index contributed by atoms with van der Waals surface area (Å²) in [7, 11) is 0. The predicted octanol–water partition coefficient (Wildman–Crippen LogP) is 2.24. The molecule has 0 fully saturated rings. The molecule has 0 spiro atoms. The smallest absolute Gasteiger partial charge is 0.324 e. The van der Waals surface area contributed by atoms with Crippen LogP contribution in [0, 0.1) is 6.92 Å². The van der Waals surface area contributed by atoms with Crippen molar-refractivity contribution in [3.63, 3.8) is 0 Å². The third kappa shape index (κ3) is 1.91. The Balaban J connectivity index is 1.66. The van der Waals surface area contributed by atoms with Crippen LogP contribution in [0.5, 0.6) is 0 Å². The van der Waals surface area contributed by atoms with Gasteiger partial charge in [0, 0.05) is 5.39 Å². The monoisotopic (exact) mass is 321 g/mol. The van der Waals surface area contributed by atoms with Crippen molar-refractivity contribution >= 4 is 28.7 Å². The van der Waals surface area contributed by atoms with Gasteiger partial charge in [-0.3, -0.25) is 14.7 Å². The third-order valence-corrected chi connectivity index (χ3v) is 4.04. The third-order valence-electron chi connectivity index (χ3n) is 4.04. The summed E-state index contributed by atoms with van der Waals surface area (Å²) in [5.41, 5.74) is 2.14. The number of carbonyl (C=O) groups is 3. The van der Waals surface area contributed by atoms with Crippen molar-refractivity contribution < 1.29 is 19.2 Å². The van der Waals surface area contributed by atoms with Crippen LogP contribution in [-0.4, -0.2) is 33.0 Å². The topological polar surface area (TPSA) is 92.4 Å². The molecule has 3 aromatic rings. The van der Waals surface area contributed by atoms with Crippen LogP contribution in [0.1, 0.15) is 36.6 Å². The number of rotatable bonds is 2. The quantitative estimate of drug-likeness (QED) is 0.731. The number of aromatic amines is 1. The highest BCUT2D eigenvalue weighted by atomic mass is 16.7. The van der Waals surface area contributed by atoms with Crippen LogP contribution in [0.2, 0.25) is 0 Å². The molecule has 0 radical (unpaired) electrons. The maximum absolute atomic E-state index is 12.4. The molecule has 1 aliphatic rings. The molecule has 2 heterocycles. The lowest BCUT2D eigenvalue weighted by Gasteiger charge is -2.13. The van der Waals surface area contributed by atoms with Crippen molar-refractivity contribution in [2.45, 2.75) is 6.92 Å². The Morgan fingerprint density at radius 1 is 1.08 bits per heavy atom. The first kappa shape index (κ1) is 14.1. The van der Waals surface area contributed by atoms with Crippen molar-refractivity contribution in [2.75, 3.05) is 0 Å². The second-order valence-corrected chi connectivity index (χ2v) is 5.40. The number of imide groups is 1. The van der Waals surface area contributed by atoms with E-state index >= 15 is 0 Å². The number of nitrogens with zero attached hydrogens (tertiary/aromatic N) is 2. The number of aryl methyl sites for hydroxylation is 1. The molecule has 1 N–H and O–H groups in total. The van der Waals surface area contributed by atoms with Crippen molar-refractivity contribution in [1.82, 2.24) is 15.3 Å². The molecule has 0 atom stereocenters. The fraction of sp³-hybridized carbons (Fsp3) is 0.0588. The largest absolute Gasteiger partial charge is 0.364 e. The lowest BCUT2D eigenvalue weighted by Crippen LogP contribution is -2.32.